The Morgan fingerprint density at radius 1 is 1.21 bits per heavy atom. The number of hydrogen-bond acceptors (Lipinski definition) is 3. The number of halogens is 1. The largest absolute Gasteiger partial charge is 0.342 e. The number of nitrogens with zero attached hydrogens (tertiary/aromatic N) is 2. The second-order valence-corrected chi connectivity index (χ2v) is 12.1. The fourth-order valence-electron chi connectivity index (χ4n) is 4.74. The highest BCUT2D eigenvalue weighted by molar-refractivity contribution is 9.10. The summed E-state index contributed by atoms with van der Waals surface area (Å²) < 4.78 is 0.925. The Hall–Kier alpha value is -1.01. The highest BCUT2D eigenvalue weighted by atomic mass is 79.9. The van der Waals surface area contributed by atoms with Crippen molar-refractivity contribution in [1.82, 2.24) is 9.80 Å². The normalized spacial score (nSPS) is 20.2. The molecule has 3 rings (SSSR count). The van der Waals surface area contributed by atoms with Crippen LogP contribution in [0.15, 0.2) is 28.7 Å². The maximum absolute atomic E-state index is 13.2. The molecule has 160 valence electrons. The number of thioether (sulfide) groups is 1. The van der Waals surface area contributed by atoms with E-state index in [2.05, 4.69) is 48.5 Å². The van der Waals surface area contributed by atoms with Crippen LogP contribution in [0.3, 0.4) is 0 Å². The summed E-state index contributed by atoms with van der Waals surface area (Å²) in [5.41, 5.74) is 0.982. The van der Waals surface area contributed by atoms with E-state index < -0.39 is 0 Å². The summed E-state index contributed by atoms with van der Waals surface area (Å²) in [7, 11) is 0. The maximum atomic E-state index is 13.2. The summed E-state index contributed by atoms with van der Waals surface area (Å²) >= 11 is 5.36. The fraction of sp³-hybridized carbons (Fsp3) is 0.652. The van der Waals surface area contributed by atoms with Gasteiger partial charge in [-0.05, 0) is 48.8 Å². The van der Waals surface area contributed by atoms with Crippen molar-refractivity contribution in [2.75, 3.05) is 25.4 Å². The predicted octanol–water partition coefficient (Wildman–Crippen LogP) is 5.42. The van der Waals surface area contributed by atoms with Gasteiger partial charge in [0, 0.05) is 41.8 Å². The van der Waals surface area contributed by atoms with Crippen molar-refractivity contribution in [3.05, 3.63) is 34.3 Å². The van der Waals surface area contributed by atoms with Gasteiger partial charge in [0.15, 0.2) is 0 Å². The zero-order chi connectivity index (χ0) is 21.2. The van der Waals surface area contributed by atoms with E-state index in [1.54, 1.807) is 0 Å². The van der Waals surface area contributed by atoms with Crippen LogP contribution in [-0.4, -0.2) is 51.9 Å². The van der Waals surface area contributed by atoms with Gasteiger partial charge in [0.1, 0.15) is 0 Å². The van der Waals surface area contributed by atoms with Crippen LogP contribution in [0, 0.1) is 11.3 Å². The van der Waals surface area contributed by atoms with Gasteiger partial charge in [-0.2, -0.15) is 0 Å². The van der Waals surface area contributed by atoms with Gasteiger partial charge in [0.05, 0.1) is 4.87 Å². The molecule has 2 aliphatic rings. The van der Waals surface area contributed by atoms with Gasteiger partial charge < -0.3 is 9.80 Å². The zero-order valence-corrected chi connectivity index (χ0v) is 20.4. The molecule has 0 bridgehead atoms. The first-order valence-electron chi connectivity index (χ1n) is 10.6. The van der Waals surface area contributed by atoms with Gasteiger partial charge in [0.25, 0.3) is 5.91 Å². The molecule has 1 aromatic carbocycles. The van der Waals surface area contributed by atoms with Gasteiger partial charge in [-0.25, -0.2) is 0 Å². The van der Waals surface area contributed by atoms with Crippen LogP contribution < -0.4 is 0 Å². The van der Waals surface area contributed by atoms with Crippen molar-refractivity contribution < 1.29 is 9.59 Å². The number of carbonyl (C=O) groups is 2. The van der Waals surface area contributed by atoms with E-state index in [0.29, 0.717) is 12.3 Å². The number of carbonyl (C=O) groups excluding carboxylic acids is 2. The lowest BCUT2D eigenvalue weighted by molar-refractivity contribution is -0.133. The third-order valence-corrected chi connectivity index (χ3v) is 7.92. The molecule has 0 aromatic heterocycles. The van der Waals surface area contributed by atoms with Crippen LogP contribution in [0.25, 0.3) is 0 Å². The van der Waals surface area contributed by atoms with E-state index in [9.17, 15) is 9.59 Å². The van der Waals surface area contributed by atoms with Crippen LogP contribution in [0.1, 0.15) is 63.7 Å². The molecular formula is C23H33BrN2O2S. The second kappa shape index (κ2) is 9.01. The predicted molar refractivity (Wildman–Crippen MR) is 124 cm³/mol. The van der Waals surface area contributed by atoms with E-state index in [0.717, 1.165) is 54.7 Å². The van der Waals surface area contributed by atoms with Crippen molar-refractivity contribution in [3.63, 3.8) is 0 Å². The fourth-order valence-corrected chi connectivity index (χ4v) is 6.59. The SMILES string of the molecule is CC(CC(=O)N1CCC2(CC1)SCCN2C(=O)c1cccc(Br)c1)CC(C)(C)C. The van der Waals surface area contributed by atoms with Crippen molar-refractivity contribution in [1.29, 1.82) is 0 Å². The lowest BCUT2D eigenvalue weighted by Gasteiger charge is -2.44. The minimum Gasteiger partial charge on any atom is -0.342 e. The molecule has 0 aliphatic carbocycles. The number of amides is 2. The molecule has 4 nitrogen and oxygen atoms in total. The summed E-state index contributed by atoms with van der Waals surface area (Å²) in [6, 6.07) is 7.64. The standard InChI is InChI=1S/C23H33BrN2O2S/c1-17(16-22(2,3)4)14-20(27)25-10-8-23(9-11-25)26(12-13-29-23)21(28)18-6-5-7-19(24)15-18/h5-7,15,17H,8-14,16H2,1-4H3. The summed E-state index contributed by atoms with van der Waals surface area (Å²) in [4.78, 5) is 29.9. The van der Waals surface area contributed by atoms with Crippen molar-refractivity contribution in [2.24, 2.45) is 11.3 Å². The topological polar surface area (TPSA) is 40.6 Å². The quantitative estimate of drug-likeness (QED) is 0.577. The maximum Gasteiger partial charge on any atom is 0.255 e. The Bertz CT molecular complexity index is 753. The monoisotopic (exact) mass is 480 g/mol. The van der Waals surface area contributed by atoms with Crippen LogP contribution in [0.2, 0.25) is 0 Å². The molecule has 1 aromatic rings. The molecular weight excluding hydrogens is 448 g/mol. The zero-order valence-electron chi connectivity index (χ0n) is 18.0. The average molecular weight is 482 g/mol. The Morgan fingerprint density at radius 3 is 2.52 bits per heavy atom. The van der Waals surface area contributed by atoms with Gasteiger partial charge in [-0.3, -0.25) is 9.59 Å². The minimum atomic E-state index is -0.160. The highest BCUT2D eigenvalue weighted by Crippen LogP contribution is 2.44. The molecule has 6 heteroatoms. The first-order chi connectivity index (χ1) is 13.6. The van der Waals surface area contributed by atoms with Crippen LogP contribution in [-0.2, 0) is 4.79 Å². The van der Waals surface area contributed by atoms with E-state index in [-0.39, 0.29) is 22.1 Å². The summed E-state index contributed by atoms with van der Waals surface area (Å²) in [5, 5.41) is 0. The Balaban J connectivity index is 1.61. The van der Waals surface area contributed by atoms with Crippen molar-refractivity contribution in [3.8, 4) is 0 Å². The van der Waals surface area contributed by atoms with Gasteiger partial charge in [-0.15, -0.1) is 11.8 Å². The smallest absolute Gasteiger partial charge is 0.255 e. The summed E-state index contributed by atoms with van der Waals surface area (Å²) in [6.45, 7) is 11.1. The summed E-state index contributed by atoms with van der Waals surface area (Å²) in [6.07, 6.45) is 3.40. The summed E-state index contributed by atoms with van der Waals surface area (Å²) in [5.74, 6) is 1.74. The lowest BCUT2D eigenvalue weighted by atomic mass is 9.84. The molecule has 1 spiro atoms. The van der Waals surface area contributed by atoms with E-state index >= 15 is 0 Å². The molecule has 0 saturated carbocycles. The number of rotatable bonds is 4. The second-order valence-electron chi connectivity index (χ2n) is 9.72. The molecule has 2 saturated heterocycles. The van der Waals surface area contributed by atoms with E-state index in [1.807, 2.05) is 40.9 Å². The van der Waals surface area contributed by atoms with Crippen LogP contribution in [0.4, 0.5) is 0 Å². The first-order valence-corrected chi connectivity index (χ1v) is 12.4. The number of piperidine rings is 1. The molecule has 2 aliphatic heterocycles. The molecule has 0 N–H and O–H groups in total. The Kier molecular flexibility index (Phi) is 7.04. The molecule has 2 fully saturated rings. The third kappa shape index (κ3) is 5.57. The van der Waals surface area contributed by atoms with E-state index in [4.69, 9.17) is 0 Å². The van der Waals surface area contributed by atoms with Gasteiger partial charge in [0.2, 0.25) is 5.91 Å². The van der Waals surface area contributed by atoms with Crippen LogP contribution in [0.5, 0.6) is 0 Å². The van der Waals surface area contributed by atoms with E-state index in [1.165, 1.54) is 0 Å². The average Bonchev–Trinajstić information content (AvgIpc) is 3.03. The Labute approximate surface area is 187 Å². The molecule has 1 atom stereocenters. The third-order valence-electron chi connectivity index (χ3n) is 5.88. The first kappa shape index (κ1) is 22.7. The van der Waals surface area contributed by atoms with Crippen molar-refractivity contribution >= 4 is 39.5 Å². The Morgan fingerprint density at radius 2 is 1.90 bits per heavy atom. The molecule has 1 unspecified atom stereocenters. The van der Waals surface area contributed by atoms with Crippen molar-refractivity contribution in [2.45, 2.75) is 58.2 Å². The molecule has 2 amide bonds. The number of likely N-dealkylation sites (tertiary alicyclic amines) is 1. The van der Waals surface area contributed by atoms with Gasteiger partial charge >= 0.3 is 0 Å². The molecule has 0 radical (unpaired) electrons. The molecule has 2 heterocycles. The minimum absolute atomic E-state index is 0.106. The lowest BCUT2D eigenvalue weighted by Crippen LogP contribution is -2.53. The molecule has 29 heavy (non-hydrogen) atoms. The number of hydrogen-bond donors (Lipinski definition) is 0. The number of benzene rings is 1. The van der Waals surface area contributed by atoms with Crippen LogP contribution >= 0.6 is 27.7 Å². The van der Waals surface area contributed by atoms with Gasteiger partial charge in [-0.1, -0.05) is 49.7 Å². The highest BCUT2D eigenvalue weighted by Gasteiger charge is 2.47.